The maximum atomic E-state index is 13.5. The number of aromatic nitrogens is 1. The van der Waals surface area contributed by atoms with Gasteiger partial charge in [-0.15, -0.1) is 0 Å². The fourth-order valence-corrected chi connectivity index (χ4v) is 5.92. The third-order valence-corrected chi connectivity index (χ3v) is 7.91. The molecule has 37 heavy (non-hydrogen) atoms. The number of morpholine rings is 1. The van der Waals surface area contributed by atoms with Gasteiger partial charge in [-0.05, 0) is 42.7 Å². The molecule has 1 aromatic carbocycles. The van der Waals surface area contributed by atoms with E-state index in [4.69, 9.17) is 26.4 Å². The largest absolute Gasteiger partial charge is 0.454 e. The second-order valence-electron chi connectivity index (χ2n) is 8.86. The van der Waals surface area contributed by atoms with E-state index in [0.29, 0.717) is 77.1 Å². The monoisotopic (exact) mass is 538 g/mol. The standard InChI is InChI=1S/C26H26N4O5S2/c1-3-6-29-23(28-7-9-33-10-8-28)18(16(2)19(13-27)24(29)31)12-22-25(32)30(26(36)37-22)14-17-4-5-20-21(11-17)35-15-34-20/h4-5,11-12H,3,6-10,14-15H2,1-2H3/b22-12+. The number of nitrogens with zero attached hydrogens (tertiary/aromatic N) is 4. The number of rotatable bonds is 6. The molecule has 11 heteroatoms. The van der Waals surface area contributed by atoms with Crippen LogP contribution in [0.5, 0.6) is 11.5 Å². The van der Waals surface area contributed by atoms with Gasteiger partial charge in [0.2, 0.25) is 6.79 Å². The molecule has 0 bridgehead atoms. The summed E-state index contributed by atoms with van der Waals surface area (Å²) < 4.78 is 18.5. The van der Waals surface area contributed by atoms with Gasteiger partial charge in [0.05, 0.1) is 24.7 Å². The number of hydrogen-bond donors (Lipinski definition) is 0. The van der Waals surface area contributed by atoms with Crippen LogP contribution in [0.4, 0.5) is 5.82 Å². The molecule has 3 aliphatic heterocycles. The summed E-state index contributed by atoms with van der Waals surface area (Å²) in [6, 6.07) is 7.64. The zero-order valence-electron chi connectivity index (χ0n) is 20.6. The van der Waals surface area contributed by atoms with Crippen molar-refractivity contribution in [2.24, 2.45) is 0 Å². The van der Waals surface area contributed by atoms with Gasteiger partial charge in [0.15, 0.2) is 11.5 Å². The lowest BCUT2D eigenvalue weighted by molar-refractivity contribution is -0.122. The van der Waals surface area contributed by atoms with Crippen molar-refractivity contribution in [2.75, 3.05) is 38.0 Å². The Kier molecular flexibility index (Phi) is 7.24. The zero-order chi connectivity index (χ0) is 26.1. The van der Waals surface area contributed by atoms with E-state index >= 15 is 0 Å². The Morgan fingerprint density at radius 1 is 1.19 bits per heavy atom. The van der Waals surface area contributed by atoms with Gasteiger partial charge in [-0.25, -0.2) is 0 Å². The van der Waals surface area contributed by atoms with E-state index in [1.807, 2.05) is 25.1 Å². The van der Waals surface area contributed by atoms with Gasteiger partial charge in [0.25, 0.3) is 11.5 Å². The second-order valence-corrected chi connectivity index (χ2v) is 10.5. The number of thiocarbonyl (C=S) groups is 1. The SMILES string of the molecule is CCCn1c(N2CCOCC2)c(/C=C2/SC(=S)N(Cc3ccc4c(c3)OCO4)C2=O)c(C)c(C#N)c1=O. The Hall–Kier alpha value is -3.33. The fraction of sp³-hybridized carbons (Fsp3) is 0.385. The highest BCUT2D eigenvalue weighted by Crippen LogP contribution is 2.38. The molecule has 0 N–H and O–H groups in total. The Morgan fingerprint density at radius 3 is 2.68 bits per heavy atom. The fourth-order valence-electron chi connectivity index (χ4n) is 4.68. The summed E-state index contributed by atoms with van der Waals surface area (Å²) in [5.74, 6) is 1.82. The number of carbonyl (C=O) groups is 1. The number of anilines is 1. The van der Waals surface area contributed by atoms with Crippen molar-refractivity contribution in [2.45, 2.75) is 33.4 Å². The number of hydrogen-bond acceptors (Lipinski definition) is 9. The molecule has 1 amide bonds. The minimum Gasteiger partial charge on any atom is -0.454 e. The van der Waals surface area contributed by atoms with Crippen LogP contribution in [0.2, 0.25) is 0 Å². The van der Waals surface area contributed by atoms with Crippen molar-refractivity contribution in [3.8, 4) is 17.6 Å². The highest BCUT2D eigenvalue weighted by atomic mass is 32.2. The molecule has 0 saturated carbocycles. The van der Waals surface area contributed by atoms with Crippen LogP contribution in [0.25, 0.3) is 6.08 Å². The summed E-state index contributed by atoms with van der Waals surface area (Å²) in [4.78, 5) is 30.9. The number of pyridine rings is 1. The normalized spacial score (nSPS) is 18.1. The average molecular weight is 539 g/mol. The summed E-state index contributed by atoms with van der Waals surface area (Å²) in [6.07, 6.45) is 2.51. The van der Waals surface area contributed by atoms with Crippen LogP contribution in [-0.4, -0.2) is 52.8 Å². The molecule has 2 aromatic rings. The minimum atomic E-state index is -0.309. The Morgan fingerprint density at radius 2 is 1.95 bits per heavy atom. The number of fused-ring (bicyclic) bond motifs is 1. The first-order valence-corrected chi connectivity index (χ1v) is 13.3. The molecule has 3 aliphatic rings. The molecule has 0 aliphatic carbocycles. The van der Waals surface area contributed by atoms with E-state index in [0.717, 1.165) is 12.0 Å². The molecule has 0 radical (unpaired) electrons. The van der Waals surface area contributed by atoms with Crippen LogP contribution >= 0.6 is 24.0 Å². The van der Waals surface area contributed by atoms with E-state index in [1.54, 1.807) is 22.5 Å². The van der Waals surface area contributed by atoms with Gasteiger partial charge in [-0.3, -0.25) is 19.1 Å². The van der Waals surface area contributed by atoms with Gasteiger partial charge < -0.3 is 19.1 Å². The Bertz CT molecular complexity index is 1410. The van der Waals surface area contributed by atoms with Crippen LogP contribution in [0, 0.1) is 18.3 Å². The smallest absolute Gasteiger partial charge is 0.270 e. The summed E-state index contributed by atoms with van der Waals surface area (Å²) in [7, 11) is 0. The van der Waals surface area contributed by atoms with E-state index < -0.39 is 0 Å². The maximum Gasteiger partial charge on any atom is 0.270 e. The van der Waals surface area contributed by atoms with Gasteiger partial charge in [0.1, 0.15) is 21.8 Å². The molecule has 1 aromatic heterocycles. The van der Waals surface area contributed by atoms with E-state index in [-0.39, 0.29) is 23.8 Å². The first-order chi connectivity index (χ1) is 17.9. The van der Waals surface area contributed by atoms with Crippen LogP contribution in [0.3, 0.4) is 0 Å². The van der Waals surface area contributed by atoms with Gasteiger partial charge >= 0.3 is 0 Å². The molecule has 9 nitrogen and oxygen atoms in total. The van der Waals surface area contributed by atoms with Crippen molar-refractivity contribution >= 4 is 46.1 Å². The van der Waals surface area contributed by atoms with Crippen molar-refractivity contribution < 1.29 is 19.0 Å². The number of carbonyl (C=O) groups excluding carboxylic acids is 1. The lowest BCUT2D eigenvalue weighted by Gasteiger charge is -2.33. The molecular formula is C26H26N4O5S2. The first kappa shape index (κ1) is 25.3. The Balaban J connectivity index is 1.55. The maximum absolute atomic E-state index is 13.5. The third-order valence-electron chi connectivity index (χ3n) is 6.53. The van der Waals surface area contributed by atoms with Crippen LogP contribution in [0.1, 0.15) is 35.6 Å². The molecule has 192 valence electrons. The van der Waals surface area contributed by atoms with Crippen LogP contribution in [0.15, 0.2) is 27.9 Å². The second kappa shape index (κ2) is 10.6. The Labute approximate surface area is 224 Å². The van der Waals surface area contributed by atoms with Gasteiger partial charge in [-0.2, -0.15) is 5.26 Å². The highest BCUT2D eigenvalue weighted by molar-refractivity contribution is 8.26. The van der Waals surface area contributed by atoms with Crippen molar-refractivity contribution in [3.63, 3.8) is 0 Å². The van der Waals surface area contributed by atoms with Gasteiger partial charge in [-0.1, -0.05) is 37.0 Å². The topological polar surface area (TPSA) is 97.0 Å². The lowest BCUT2D eigenvalue weighted by Crippen LogP contribution is -2.41. The summed E-state index contributed by atoms with van der Waals surface area (Å²) in [5, 5.41) is 9.81. The van der Waals surface area contributed by atoms with Crippen molar-refractivity contribution in [1.29, 1.82) is 5.26 Å². The molecule has 5 rings (SSSR count). The third kappa shape index (κ3) is 4.72. The molecule has 0 unspecified atom stereocenters. The number of amides is 1. The number of benzene rings is 1. The van der Waals surface area contributed by atoms with Gasteiger partial charge in [0, 0.05) is 25.2 Å². The summed E-state index contributed by atoms with van der Waals surface area (Å²) in [5.41, 5.74) is 1.90. The lowest BCUT2D eigenvalue weighted by atomic mass is 10.0. The van der Waals surface area contributed by atoms with E-state index in [2.05, 4.69) is 11.0 Å². The first-order valence-electron chi connectivity index (χ1n) is 12.1. The average Bonchev–Trinajstić information content (AvgIpc) is 3.47. The molecule has 2 saturated heterocycles. The van der Waals surface area contributed by atoms with Crippen molar-refractivity contribution in [1.82, 2.24) is 9.47 Å². The van der Waals surface area contributed by atoms with Crippen LogP contribution in [-0.2, 0) is 22.6 Å². The molecule has 2 fully saturated rings. The molecule has 4 heterocycles. The quantitative estimate of drug-likeness (QED) is 0.405. The van der Waals surface area contributed by atoms with Crippen LogP contribution < -0.4 is 19.9 Å². The summed E-state index contributed by atoms with van der Waals surface area (Å²) in [6.45, 7) is 6.99. The molecule has 0 spiro atoms. The predicted octanol–water partition coefficient (Wildman–Crippen LogP) is 3.41. The minimum absolute atomic E-state index is 0.0903. The number of thioether (sulfide) groups is 1. The summed E-state index contributed by atoms with van der Waals surface area (Å²) >= 11 is 6.80. The van der Waals surface area contributed by atoms with Crippen molar-refractivity contribution in [3.05, 3.63) is 55.7 Å². The van der Waals surface area contributed by atoms with E-state index in [1.165, 1.54) is 11.8 Å². The molecule has 0 atom stereocenters. The number of ether oxygens (including phenoxy) is 3. The highest BCUT2D eigenvalue weighted by Gasteiger charge is 2.34. The number of nitriles is 1. The molecular weight excluding hydrogens is 512 g/mol. The zero-order valence-corrected chi connectivity index (χ0v) is 22.2. The predicted molar refractivity (Wildman–Crippen MR) is 145 cm³/mol. The van der Waals surface area contributed by atoms with E-state index in [9.17, 15) is 14.9 Å².